The van der Waals surface area contributed by atoms with Crippen molar-refractivity contribution in [1.29, 1.82) is 0 Å². The van der Waals surface area contributed by atoms with Gasteiger partial charge in [-0.3, -0.25) is 0 Å². The predicted molar refractivity (Wildman–Crippen MR) is 115 cm³/mol. The van der Waals surface area contributed by atoms with E-state index in [0.29, 0.717) is 5.41 Å². The van der Waals surface area contributed by atoms with E-state index in [2.05, 4.69) is 27.7 Å². The van der Waals surface area contributed by atoms with Crippen LogP contribution in [-0.4, -0.2) is 0 Å². The first-order chi connectivity index (χ1) is 13.0. The van der Waals surface area contributed by atoms with Gasteiger partial charge in [0.15, 0.2) is 0 Å². The highest BCUT2D eigenvalue weighted by Crippen LogP contribution is 2.66. The molecule has 154 valence electrons. The molecule has 0 N–H and O–H groups in total. The summed E-state index contributed by atoms with van der Waals surface area (Å²) in [6.07, 6.45) is 18.7. The second-order valence-electron chi connectivity index (χ2n) is 12.7. The maximum atomic E-state index is 2.78. The maximum Gasteiger partial charge on any atom is -0.0289 e. The Hall–Kier alpha value is 0. The SMILES string of the molecule is CC1CCC2C3CCC(C)CC3C(C(C)(C)C3CCC4CCCCC43)C2C1. The quantitative estimate of drug-likeness (QED) is 0.462. The Morgan fingerprint density at radius 1 is 0.556 bits per heavy atom. The van der Waals surface area contributed by atoms with E-state index in [4.69, 9.17) is 0 Å². The standard InChI is InChI=1S/C27H46/c1-17-9-12-21-22-13-10-18(2)16-24(22)26(23(21)15-17)27(3,4)25-14-11-19-7-5-6-8-20(19)25/h17-26H,5-16H2,1-4H3. The first-order valence-electron chi connectivity index (χ1n) is 13.0. The molecule has 0 heteroatoms. The van der Waals surface area contributed by atoms with Crippen LogP contribution >= 0.6 is 0 Å². The molecule has 5 aliphatic carbocycles. The molecule has 9 atom stereocenters. The summed E-state index contributed by atoms with van der Waals surface area (Å²) < 4.78 is 0. The number of rotatable bonds is 2. The number of fused-ring (bicyclic) bond motifs is 4. The molecule has 0 spiro atoms. The summed E-state index contributed by atoms with van der Waals surface area (Å²) in [7, 11) is 0. The first-order valence-corrected chi connectivity index (χ1v) is 13.0. The lowest BCUT2D eigenvalue weighted by molar-refractivity contribution is -0.00656. The summed E-state index contributed by atoms with van der Waals surface area (Å²) in [5.41, 5.74) is 0.590. The lowest BCUT2D eigenvalue weighted by Crippen LogP contribution is -2.43. The highest BCUT2D eigenvalue weighted by atomic mass is 14.6. The van der Waals surface area contributed by atoms with Gasteiger partial charge in [-0.15, -0.1) is 0 Å². The minimum Gasteiger partial charge on any atom is -0.0625 e. The van der Waals surface area contributed by atoms with Gasteiger partial charge in [0.2, 0.25) is 0 Å². The average molecular weight is 371 g/mol. The summed E-state index contributed by atoms with van der Waals surface area (Å²) in [6, 6.07) is 0. The molecule has 0 amide bonds. The number of hydrogen-bond acceptors (Lipinski definition) is 0. The summed E-state index contributed by atoms with van der Waals surface area (Å²) >= 11 is 0. The third-order valence-corrected chi connectivity index (χ3v) is 11.1. The Labute approximate surface area is 169 Å². The number of hydrogen-bond donors (Lipinski definition) is 0. The van der Waals surface area contributed by atoms with Crippen LogP contribution in [0.1, 0.15) is 105 Å². The summed E-state index contributed by atoms with van der Waals surface area (Å²) in [5, 5.41) is 0. The molecule has 5 fully saturated rings. The molecule has 0 aromatic carbocycles. The lowest BCUT2D eigenvalue weighted by Gasteiger charge is -2.49. The largest absolute Gasteiger partial charge is 0.0625 e. The van der Waals surface area contributed by atoms with Gasteiger partial charge >= 0.3 is 0 Å². The molecule has 0 bridgehead atoms. The van der Waals surface area contributed by atoms with Crippen molar-refractivity contribution in [2.45, 2.75) is 105 Å². The van der Waals surface area contributed by atoms with E-state index in [1.807, 2.05) is 0 Å². The van der Waals surface area contributed by atoms with Crippen molar-refractivity contribution in [2.75, 3.05) is 0 Å². The van der Waals surface area contributed by atoms with E-state index in [-0.39, 0.29) is 0 Å². The third-order valence-electron chi connectivity index (χ3n) is 11.1. The van der Waals surface area contributed by atoms with E-state index in [9.17, 15) is 0 Å². The molecule has 0 radical (unpaired) electrons. The van der Waals surface area contributed by atoms with Crippen molar-refractivity contribution < 1.29 is 0 Å². The molecule has 27 heavy (non-hydrogen) atoms. The highest BCUT2D eigenvalue weighted by molar-refractivity contribution is 5.08. The molecule has 0 aliphatic heterocycles. The van der Waals surface area contributed by atoms with Crippen molar-refractivity contribution in [3.05, 3.63) is 0 Å². The molecule has 5 aliphatic rings. The molecule has 9 unspecified atom stereocenters. The normalized spacial score (nSPS) is 52.9. The minimum absolute atomic E-state index is 0.590. The van der Waals surface area contributed by atoms with Crippen LogP contribution in [0.4, 0.5) is 0 Å². The Bertz CT molecular complexity index is 506. The van der Waals surface area contributed by atoms with Gasteiger partial charge < -0.3 is 0 Å². The van der Waals surface area contributed by atoms with Gasteiger partial charge in [-0.2, -0.15) is 0 Å². The second-order valence-corrected chi connectivity index (χ2v) is 12.7. The smallest absolute Gasteiger partial charge is 0.0289 e. The van der Waals surface area contributed by atoms with Gasteiger partial charge in [0.05, 0.1) is 0 Å². The maximum absolute atomic E-state index is 2.78. The Morgan fingerprint density at radius 2 is 1.15 bits per heavy atom. The van der Waals surface area contributed by atoms with Crippen molar-refractivity contribution >= 4 is 0 Å². The zero-order valence-electron chi connectivity index (χ0n) is 18.8. The van der Waals surface area contributed by atoms with Crippen molar-refractivity contribution in [1.82, 2.24) is 0 Å². The van der Waals surface area contributed by atoms with Gasteiger partial charge in [0.25, 0.3) is 0 Å². The van der Waals surface area contributed by atoms with Crippen LogP contribution in [0.3, 0.4) is 0 Å². The van der Waals surface area contributed by atoms with Gasteiger partial charge in [-0.1, -0.05) is 59.8 Å². The Morgan fingerprint density at radius 3 is 1.78 bits per heavy atom. The second kappa shape index (κ2) is 7.05. The van der Waals surface area contributed by atoms with Crippen molar-refractivity contribution in [3.8, 4) is 0 Å². The van der Waals surface area contributed by atoms with Crippen LogP contribution in [-0.2, 0) is 0 Å². The Kier molecular flexibility index (Phi) is 4.96. The van der Waals surface area contributed by atoms with Gasteiger partial charge in [-0.05, 0) is 110 Å². The van der Waals surface area contributed by atoms with E-state index in [1.54, 1.807) is 51.4 Å². The van der Waals surface area contributed by atoms with Crippen LogP contribution < -0.4 is 0 Å². The van der Waals surface area contributed by atoms with Crippen LogP contribution in [0.2, 0.25) is 0 Å². The molecule has 0 saturated heterocycles. The van der Waals surface area contributed by atoms with Crippen LogP contribution in [0, 0.1) is 64.6 Å². The minimum atomic E-state index is 0.590. The average Bonchev–Trinajstić information content (AvgIpc) is 3.20. The molecule has 0 heterocycles. The molecule has 5 saturated carbocycles. The third kappa shape index (κ3) is 3.06. The summed E-state index contributed by atoms with van der Waals surface area (Å²) in [6.45, 7) is 10.7. The monoisotopic (exact) mass is 370 g/mol. The van der Waals surface area contributed by atoms with Gasteiger partial charge in [0.1, 0.15) is 0 Å². The van der Waals surface area contributed by atoms with Crippen molar-refractivity contribution in [2.24, 2.45) is 64.6 Å². The lowest BCUT2D eigenvalue weighted by atomic mass is 9.56. The summed E-state index contributed by atoms with van der Waals surface area (Å²) in [4.78, 5) is 0. The van der Waals surface area contributed by atoms with Gasteiger partial charge in [0, 0.05) is 0 Å². The summed E-state index contributed by atoms with van der Waals surface area (Å²) in [5.74, 6) is 10.6. The van der Waals surface area contributed by atoms with Crippen LogP contribution in [0.5, 0.6) is 0 Å². The predicted octanol–water partition coefficient (Wildman–Crippen LogP) is 7.96. The highest BCUT2D eigenvalue weighted by Gasteiger charge is 2.59. The van der Waals surface area contributed by atoms with Gasteiger partial charge in [-0.25, -0.2) is 0 Å². The molecular formula is C27H46. The molecule has 5 rings (SSSR count). The van der Waals surface area contributed by atoms with Crippen LogP contribution in [0.15, 0.2) is 0 Å². The van der Waals surface area contributed by atoms with E-state index in [0.717, 1.165) is 59.2 Å². The molecule has 0 aromatic rings. The zero-order valence-corrected chi connectivity index (χ0v) is 18.8. The first kappa shape index (κ1) is 19.0. The fraction of sp³-hybridized carbons (Fsp3) is 1.00. The molecule has 0 nitrogen and oxygen atoms in total. The topological polar surface area (TPSA) is 0 Å². The zero-order chi connectivity index (χ0) is 18.8. The van der Waals surface area contributed by atoms with E-state index < -0.39 is 0 Å². The molecular weight excluding hydrogens is 324 g/mol. The van der Waals surface area contributed by atoms with E-state index >= 15 is 0 Å². The van der Waals surface area contributed by atoms with Crippen LogP contribution in [0.25, 0.3) is 0 Å². The fourth-order valence-corrected chi connectivity index (χ4v) is 10.1. The van der Waals surface area contributed by atoms with Crippen molar-refractivity contribution in [3.63, 3.8) is 0 Å². The fourth-order valence-electron chi connectivity index (χ4n) is 10.1. The Balaban J connectivity index is 1.46. The van der Waals surface area contributed by atoms with E-state index in [1.165, 1.54) is 25.7 Å². The molecule has 0 aromatic heterocycles.